The monoisotopic (exact) mass is 1330 g/mol. The summed E-state index contributed by atoms with van der Waals surface area (Å²) in [5.74, 6) is 1.05. The highest BCUT2D eigenvalue weighted by Gasteiger charge is 2.57. The van der Waals surface area contributed by atoms with Crippen molar-refractivity contribution in [3.63, 3.8) is 0 Å². The highest BCUT2D eigenvalue weighted by atomic mass is 35.5. The molecule has 18 heteroatoms. The number of hydrogen-bond acceptors (Lipinski definition) is 8. The van der Waals surface area contributed by atoms with Gasteiger partial charge >= 0.3 is 16.8 Å². The molecule has 2 aliphatic carbocycles. The molecule has 9 aromatic carbocycles. The zero-order chi connectivity index (χ0) is 62.7. The summed E-state index contributed by atoms with van der Waals surface area (Å²) in [6, 6.07) is 62.1. The molecule has 0 unspecified atom stereocenters. The Labute approximate surface area is 556 Å². The highest BCUT2D eigenvalue weighted by Crippen LogP contribution is 2.60. The molecule has 12 nitrogen and oxygen atoms in total. The van der Waals surface area contributed by atoms with Crippen LogP contribution in [0.3, 0.4) is 0 Å². The Morgan fingerprint density at radius 3 is 0.728 bits per heavy atom. The normalized spacial score (nSPS) is 22.6. The molecule has 0 radical (unpaired) electrons. The summed E-state index contributed by atoms with van der Waals surface area (Å²) < 4.78 is 30.1. The second kappa shape index (κ2) is 25.5. The molecule has 4 amide bonds. The van der Waals surface area contributed by atoms with Crippen molar-refractivity contribution in [2.45, 2.75) is 99.7 Å². The molecule has 4 aliphatic heterocycles. The number of halogens is 4. The van der Waals surface area contributed by atoms with Crippen LogP contribution in [0.4, 0.5) is 0 Å². The van der Waals surface area contributed by atoms with Gasteiger partial charge in [0.2, 0.25) is 0 Å². The van der Waals surface area contributed by atoms with E-state index in [1.165, 1.54) is 0 Å². The Balaban J connectivity index is 0.903. The summed E-state index contributed by atoms with van der Waals surface area (Å²) in [6.45, 7) is 0. The van der Waals surface area contributed by atoms with Gasteiger partial charge in [-0.3, -0.25) is 19.2 Å². The molecular weight excluding hydrogens is 1280 g/mol. The molecule has 6 aliphatic rings. The van der Waals surface area contributed by atoms with E-state index in [0.29, 0.717) is 124 Å². The van der Waals surface area contributed by atoms with Crippen LogP contribution in [0.2, 0.25) is 20.1 Å². The Hall–Kier alpha value is -7.92. The van der Waals surface area contributed by atoms with Crippen LogP contribution in [-0.4, -0.2) is 67.4 Å². The van der Waals surface area contributed by atoms with E-state index in [1.807, 2.05) is 141 Å². The molecule has 8 atom stereocenters. The molecule has 0 spiro atoms. The van der Waals surface area contributed by atoms with E-state index < -0.39 is 65.1 Å². The van der Waals surface area contributed by atoms with Crippen LogP contribution in [0.15, 0.2) is 218 Å². The Kier molecular flexibility index (Phi) is 16.7. The second-order valence-electron chi connectivity index (χ2n) is 24.0. The van der Waals surface area contributed by atoms with E-state index in [-0.39, 0.29) is 23.6 Å². The number of piperazine rings is 2. The number of carbonyl (C=O) groups excluding carboxylic acids is 4. The van der Waals surface area contributed by atoms with Gasteiger partial charge in [0.25, 0.3) is 23.6 Å². The number of rotatable bonds is 6. The summed E-state index contributed by atoms with van der Waals surface area (Å²) in [7, 11) is -4.44. The van der Waals surface area contributed by atoms with Gasteiger partial charge in [0.15, 0.2) is 0 Å². The molecule has 2 saturated carbocycles. The topological polar surface area (TPSA) is 118 Å². The summed E-state index contributed by atoms with van der Waals surface area (Å²) in [5, 5.41) is 3.30. The average Bonchev–Trinajstić information content (AvgIpc) is 1.07. The smallest absolute Gasteiger partial charge is 0.327 e. The first-order chi connectivity index (χ1) is 45.0. The van der Waals surface area contributed by atoms with Crippen LogP contribution in [-0.2, 0) is 0 Å². The number of carbonyl (C=O) groups is 4. The lowest BCUT2D eigenvalue weighted by atomic mass is 9.77. The van der Waals surface area contributed by atoms with Crippen molar-refractivity contribution < 1.29 is 37.3 Å². The molecule has 0 aromatic heterocycles. The third-order valence-electron chi connectivity index (χ3n) is 18.9. The van der Waals surface area contributed by atoms with Crippen molar-refractivity contribution in [2.75, 3.05) is 0 Å². The predicted molar refractivity (Wildman–Crippen MR) is 361 cm³/mol. The van der Waals surface area contributed by atoms with Crippen molar-refractivity contribution in [1.29, 1.82) is 0 Å². The van der Waals surface area contributed by atoms with Crippen molar-refractivity contribution in [3.05, 3.63) is 283 Å². The van der Waals surface area contributed by atoms with Crippen molar-refractivity contribution >= 4 is 97.4 Å². The molecule has 0 N–H and O–H groups in total. The SMILES string of the molecule is O=C(c1ccc(Cl)cc1)N1[C@@H]2c3ccccc3OP(c3ccccc3P3Oc4ccccc4[C@@H]4[C@@H](c5ccccc5O3)N(C(=O)c3ccc(Cl)cc3)[C@H]3CCCC[C@@H]3N4C(=O)c3ccc(Cl)cc3)Oc3ccccc3[C@H]2N(C(=O)c2ccc(Cl)cc2)[C@H]2CCCC[C@@H]21. The number of benzene rings is 9. The largest absolute Gasteiger partial charge is 0.435 e. The van der Waals surface area contributed by atoms with Gasteiger partial charge in [-0.25, -0.2) is 0 Å². The average molecular weight is 1340 g/mol. The zero-order valence-electron chi connectivity index (χ0n) is 49.5. The van der Waals surface area contributed by atoms with E-state index in [9.17, 15) is 0 Å². The predicted octanol–water partition coefficient (Wildman–Crippen LogP) is 17.9. The van der Waals surface area contributed by atoms with Gasteiger partial charge in [-0.1, -0.05) is 157 Å². The maximum Gasteiger partial charge on any atom is 0.327 e. The van der Waals surface area contributed by atoms with Gasteiger partial charge in [0.05, 0.1) is 58.9 Å². The third kappa shape index (κ3) is 11.0. The van der Waals surface area contributed by atoms with Crippen LogP contribution in [0.1, 0.15) is 139 Å². The molecule has 15 rings (SSSR count). The number of hydrogen-bond donors (Lipinski definition) is 0. The summed E-state index contributed by atoms with van der Waals surface area (Å²) in [4.78, 5) is 71.2. The van der Waals surface area contributed by atoms with Gasteiger partial charge in [0.1, 0.15) is 23.0 Å². The highest BCUT2D eigenvalue weighted by molar-refractivity contribution is 7.63. The minimum absolute atomic E-state index is 0.196. The first-order valence-corrected chi connectivity index (χ1v) is 34.9. The third-order valence-corrected chi connectivity index (χ3v) is 23.1. The number of fused-ring (bicyclic) bond motifs is 12. The van der Waals surface area contributed by atoms with Crippen LogP contribution in [0, 0.1) is 0 Å². The fourth-order valence-corrected chi connectivity index (χ4v) is 18.6. The lowest BCUT2D eigenvalue weighted by Gasteiger charge is -2.57. The van der Waals surface area contributed by atoms with Crippen LogP contribution in [0.25, 0.3) is 0 Å². The molecule has 2 saturated heterocycles. The van der Waals surface area contributed by atoms with Crippen LogP contribution >= 0.6 is 63.2 Å². The fourth-order valence-electron chi connectivity index (χ4n) is 14.9. The Morgan fingerprint density at radius 1 is 0.293 bits per heavy atom. The van der Waals surface area contributed by atoms with E-state index in [2.05, 4.69) is 0 Å². The lowest BCUT2D eigenvalue weighted by Crippen LogP contribution is -2.65. The Bertz CT molecular complexity index is 3780. The van der Waals surface area contributed by atoms with Crippen molar-refractivity contribution in [1.82, 2.24) is 19.6 Å². The van der Waals surface area contributed by atoms with Crippen molar-refractivity contribution in [2.24, 2.45) is 0 Å². The first-order valence-electron chi connectivity index (χ1n) is 31.1. The van der Waals surface area contributed by atoms with E-state index >= 15 is 19.2 Å². The maximum atomic E-state index is 15.8. The maximum absolute atomic E-state index is 15.8. The van der Waals surface area contributed by atoms with E-state index in [0.717, 1.165) is 25.7 Å². The van der Waals surface area contributed by atoms with E-state index in [1.54, 1.807) is 97.1 Å². The minimum atomic E-state index is -2.22. The molecule has 0 bridgehead atoms. The summed E-state index contributed by atoms with van der Waals surface area (Å²) in [5.41, 5.74) is 4.61. The molecular formula is C74H60Cl4N4O8P2. The first kappa shape index (κ1) is 60.3. The molecule has 9 aromatic rings. The number of amides is 4. The quantitative estimate of drug-likeness (QED) is 0.151. The van der Waals surface area contributed by atoms with Gasteiger partial charge in [-0.05, 0) is 159 Å². The van der Waals surface area contributed by atoms with Gasteiger partial charge < -0.3 is 37.7 Å². The van der Waals surface area contributed by atoms with Crippen molar-refractivity contribution in [3.8, 4) is 23.0 Å². The molecule has 4 heterocycles. The number of nitrogens with zero attached hydrogens (tertiary/aromatic N) is 4. The van der Waals surface area contributed by atoms with Gasteiger partial charge in [0, 0.05) is 64.6 Å². The van der Waals surface area contributed by atoms with Gasteiger partial charge in [-0.2, -0.15) is 0 Å². The van der Waals surface area contributed by atoms with E-state index in [4.69, 9.17) is 64.5 Å². The molecule has 92 heavy (non-hydrogen) atoms. The van der Waals surface area contributed by atoms with Gasteiger partial charge in [-0.15, -0.1) is 0 Å². The van der Waals surface area contributed by atoms with Crippen LogP contribution < -0.4 is 28.7 Å². The zero-order valence-corrected chi connectivity index (χ0v) is 54.3. The molecule has 4 fully saturated rings. The second-order valence-corrected chi connectivity index (χ2v) is 28.5. The molecule has 462 valence electrons. The minimum Gasteiger partial charge on any atom is -0.435 e. The summed E-state index contributed by atoms with van der Waals surface area (Å²) >= 11 is 26.0. The standard InChI is InChI=1S/C74H60Cl4N4O8P2/c75-49-37-29-45(30-38-49)71(83)79-57-19-5-6-20-58(57)80(72(84)46-31-39-50(76)40-32-46)68-54-16-2-10-24-62(54)88-91(87-61-23-9-1-15-53(61)67(68)79)65-27-13-14-28-66(65)92-89-63-25-11-3-17-55(63)69-70(56-18-4-12-26-64(56)90-92)82(74(86)48-35-43-52(78)44-36-48)60-22-8-7-21-59(60)81(69)73(85)47-33-41-51(77)42-34-47/h1-4,9-18,23-44,57-60,67-70H,5-8,19-22H2/t57-,58-,59-,60-,67+,68+,69+,70+/m0/s1. The Morgan fingerprint density at radius 2 is 0.500 bits per heavy atom. The number of para-hydroxylation sites is 4. The lowest BCUT2D eigenvalue weighted by molar-refractivity contribution is -0.0531. The summed E-state index contributed by atoms with van der Waals surface area (Å²) in [6.07, 6.45) is 6.06. The fraction of sp³-hybridized carbons (Fsp3) is 0.216. The van der Waals surface area contributed by atoms with Crippen LogP contribution in [0.5, 0.6) is 23.0 Å².